The number of rotatable bonds is 5. The molecule has 2 aromatic rings. The summed E-state index contributed by atoms with van der Waals surface area (Å²) < 4.78 is 13.2. The molecule has 0 bridgehead atoms. The number of benzene rings is 2. The summed E-state index contributed by atoms with van der Waals surface area (Å²) in [6, 6.07) is 13.3. The van der Waals surface area contributed by atoms with E-state index in [0.29, 0.717) is 0 Å². The molecule has 6 nitrogen and oxygen atoms in total. The Hall–Kier alpha value is -3.13. The van der Waals surface area contributed by atoms with Gasteiger partial charge in [0.1, 0.15) is 12.4 Å². The minimum Gasteiger partial charge on any atom is -0.372 e. The molecule has 2 aromatic carbocycles. The number of thioether (sulfide) groups is 1. The van der Waals surface area contributed by atoms with Crippen LogP contribution in [0.25, 0.3) is 6.08 Å². The van der Waals surface area contributed by atoms with Crippen molar-refractivity contribution < 1.29 is 18.8 Å². The molecule has 2 aliphatic heterocycles. The summed E-state index contributed by atoms with van der Waals surface area (Å²) in [7, 11) is 0. The summed E-state index contributed by atoms with van der Waals surface area (Å²) in [5.74, 6) is -1.57. The van der Waals surface area contributed by atoms with Gasteiger partial charge in [-0.2, -0.15) is 0 Å². The highest BCUT2D eigenvalue weighted by atomic mass is 32.2. The van der Waals surface area contributed by atoms with E-state index < -0.39 is 29.4 Å². The fourth-order valence-electron chi connectivity index (χ4n) is 3.45. The van der Waals surface area contributed by atoms with Gasteiger partial charge in [0.05, 0.1) is 4.91 Å². The molecule has 3 amide bonds. The van der Waals surface area contributed by atoms with Crippen LogP contribution in [-0.4, -0.2) is 41.6 Å². The minimum absolute atomic E-state index is 0.264. The van der Waals surface area contributed by atoms with Crippen LogP contribution < -0.4 is 10.2 Å². The van der Waals surface area contributed by atoms with Crippen LogP contribution in [0.4, 0.5) is 20.6 Å². The highest BCUT2D eigenvalue weighted by Crippen LogP contribution is 2.32. The fraction of sp³-hybridized carbons (Fsp3) is 0.227. The molecule has 0 unspecified atom stereocenters. The van der Waals surface area contributed by atoms with Crippen molar-refractivity contribution in [3.63, 3.8) is 0 Å². The number of imide groups is 1. The van der Waals surface area contributed by atoms with Crippen LogP contribution in [0, 0.1) is 5.82 Å². The minimum atomic E-state index is -0.570. The van der Waals surface area contributed by atoms with Gasteiger partial charge in [0.2, 0.25) is 5.91 Å². The molecule has 2 fully saturated rings. The van der Waals surface area contributed by atoms with Crippen molar-refractivity contribution in [1.29, 1.82) is 0 Å². The maximum absolute atomic E-state index is 13.2. The first-order valence-corrected chi connectivity index (χ1v) is 10.5. The van der Waals surface area contributed by atoms with Crippen LogP contribution in [0.2, 0.25) is 0 Å². The van der Waals surface area contributed by atoms with Crippen LogP contribution in [0.5, 0.6) is 0 Å². The Bertz CT molecular complexity index is 1020. The van der Waals surface area contributed by atoms with Gasteiger partial charge in [-0.05, 0) is 66.6 Å². The SMILES string of the molecule is O=C(CN1C(=O)S/C(=C/c2ccc(N3CCCC3)cc2)C1=O)Nc1cccc(F)c1. The van der Waals surface area contributed by atoms with Gasteiger partial charge < -0.3 is 10.2 Å². The van der Waals surface area contributed by atoms with E-state index >= 15 is 0 Å². The summed E-state index contributed by atoms with van der Waals surface area (Å²) in [4.78, 5) is 40.5. The van der Waals surface area contributed by atoms with E-state index in [9.17, 15) is 18.8 Å². The maximum atomic E-state index is 13.2. The van der Waals surface area contributed by atoms with Gasteiger partial charge >= 0.3 is 0 Å². The van der Waals surface area contributed by atoms with Crippen LogP contribution in [0.1, 0.15) is 18.4 Å². The number of carbonyl (C=O) groups is 3. The number of nitrogens with zero attached hydrogens (tertiary/aromatic N) is 2. The van der Waals surface area contributed by atoms with E-state index in [1.807, 2.05) is 24.3 Å². The van der Waals surface area contributed by atoms with Crippen molar-refractivity contribution in [2.45, 2.75) is 12.8 Å². The normalized spacial score (nSPS) is 17.8. The van der Waals surface area contributed by atoms with E-state index in [1.165, 1.54) is 31.0 Å². The van der Waals surface area contributed by atoms with Crippen LogP contribution in [0.3, 0.4) is 0 Å². The lowest BCUT2D eigenvalue weighted by atomic mass is 10.2. The largest absolute Gasteiger partial charge is 0.372 e. The van der Waals surface area contributed by atoms with Crippen molar-refractivity contribution >= 4 is 46.3 Å². The molecule has 2 aliphatic rings. The molecule has 1 N–H and O–H groups in total. The molecule has 2 heterocycles. The fourth-order valence-corrected chi connectivity index (χ4v) is 4.29. The molecule has 0 spiro atoms. The monoisotopic (exact) mass is 425 g/mol. The molecule has 30 heavy (non-hydrogen) atoms. The summed E-state index contributed by atoms with van der Waals surface area (Å²) in [5.41, 5.74) is 2.22. The number of halogens is 1. The van der Waals surface area contributed by atoms with Gasteiger partial charge in [-0.25, -0.2) is 4.39 Å². The molecule has 0 aromatic heterocycles. The molecule has 4 rings (SSSR count). The lowest BCUT2D eigenvalue weighted by molar-refractivity contribution is -0.127. The molecule has 0 atom stereocenters. The topological polar surface area (TPSA) is 69.7 Å². The summed E-state index contributed by atoms with van der Waals surface area (Å²) >= 11 is 0.805. The van der Waals surface area contributed by atoms with Crippen LogP contribution in [0.15, 0.2) is 53.4 Å². The van der Waals surface area contributed by atoms with Gasteiger partial charge in [-0.1, -0.05) is 18.2 Å². The van der Waals surface area contributed by atoms with Crippen molar-refractivity contribution in [3.8, 4) is 0 Å². The smallest absolute Gasteiger partial charge is 0.294 e. The van der Waals surface area contributed by atoms with Crippen molar-refractivity contribution in [2.75, 3.05) is 29.9 Å². The second-order valence-electron chi connectivity index (χ2n) is 7.11. The van der Waals surface area contributed by atoms with Crippen molar-refractivity contribution in [3.05, 3.63) is 64.8 Å². The van der Waals surface area contributed by atoms with E-state index in [0.717, 1.165) is 47.1 Å². The Balaban J connectivity index is 1.41. The number of carbonyl (C=O) groups excluding carboxylic acids is 3. The average molecular weight is 425 g/mol. The van der Waals surface area contributed by atoms with Gasteiger partial charge in [0.25, 0.3) is 11.1 Å². The first kappa shape index (κ1) is 20.2. The van der Waals surface area contributed by atoms with Gasteiger partial charge in [-0.15, -0.1) is 0 Å². The molecule has 8 heteroatoms. The lowest BCUT2D eigenvalue weighted by Crippen LogP contribution is -2.36. The number of anilines is 2. The Kier molecular flexibility index (Phi) is 5.85. The zero-order valence-electron chi connectivity index (χ0n) is 16.1. The lowest BCUT2D eigenvalue weighted by Gasteiger charge is -2.17. The Morgan fingerprint density at radius 2 is 1.83 bits per heavy atom. The predicted molar refractivity (Wildman–Crippen MR) is 116 cm³/mol. The second-order valence-corrected chi connectivity index (χ2v) is 8.11. The summed E-state index contributed by atoms with van der Waals surface area (Å²) in [5, 5.41) is 1.98. The van der Waals surface area contributed by atoms with E-state index in [2.05, 4.69) is 10.2 Å². The van der Waals surface area contributed by atoms with Crippen LogP contribution >= 0.6 is 11.8 Å². The van der Waals surface area contributed by atoms with Gasteiger partial charge in [-0.3, -0.25) is 19.3 Å². The Morgan fingerprint density at radius 1 is 1.10 bits per heavy atom. The highest BCUT2D eigenvalue weighted by molar-refractivity contribution is 8.18. The average Bonchev–Trinajstić information content (AvgIpc) is 3.34. The third-order valence-corrected chi connectivity index (χ3v) is 5.85. The van der Waals surface area contributed by atoms with E-state index in [4.69, 9.17) is 0 Å². The van der Waals surface area contributed by atoms with Gasteiger partial charge in [0.15, 0.2) is 0 Å². The predicted octanol–water partition coefficient (Wildman–Crippen LogP) is 4.10. The van der Waals surface area contributed by atoms with Crippen LogP contribution in [-0.2, 0) is 9.59 Å². The molecular weight excluding hydrogens is 405 g/mol. The molecule has 0 aliphatic carbocycles. The quantitative estimate of drug-likeness (QED) is 0.731. The molecule has 154 valence electrons. The molecular formula is C22H20FN3O3S. The highest BCUT2D eigenvalue weighted by Gasteiger charge is 2.36. The Morgan fingerprint density at radius 3 is 2.53 bits per heavy atom. The first-order chi connectivity index (χ1) is 14.5. The number of hydrogen-bond acceptors (Lipinski definition) is 5. The first-order valence-electron chi connectivity index (χ1n) is 9.65. The third-order valence-electron chi connectivity index (χ3n) is 4.95. The zero-order valence-corrected chi connectivity index (χ0v) is 17.0. The standard InChI is InChI=1S/C22H20FN3O3S/c23-16-4-3-5-17(13-16)24-20(27)14-26-21(28)19(30-22(26)29)12-15-6-8-18(9-7-15)25-10-1-2-11-25/h3-9,12-13H,1-2,10-11,14H2,(H,24,27)/b19-12+. The number of amides is 3. The van der Waals surface area contributed by atoms with Gasteiger partial charge in [0, 0.05) is 24.5 Å². The number of hydrogen-bond donors (Lipinski definition) is 1. The third kappa shape index (κ3) is 4.54. The zero-order chi connectivity index (χ0) is 21.1. The molecule has 0 radical (unpaired) electrons. The van der Waals surface area contributed by atoms with E-state index in [-0.39, 0.29) is 10.6 Å². The number of nitrogens with one attached hydrogen (secondary N) is 1. The molecule has 2 saturated heterocycles. The summed E-state index contributed by atoms with van der Waals surface area (Å²) in [6.45, 7) is 1.68. The summed E-state index contributed by atoms with van der Waals surface area (Å²) in [6.07, 6.45) is 4.05. The van der Waals surface area contributed by atoms with E-state index in [1.54, 1.807) is 6.08 Å². The van der Waals surface area contributed by atoms with Crippen molar-refractivity contribution in [2.24, 2.45) is 0 Å². The van der Waals surface area contributed by atoms with Crippen molar-refractivity contribution in [1.82, 2.24) is 4.90 Å². The maximum Gasteiger partial charge on any atom is 0.294 e. The molecule has 0 saturated carbocycles. The second kappa shape index (κ2) is 8.71. The Labute approximate surface area is 177 Å².